The second-order valence-corrected chi connectivity index (χ2v) is 3.79. The molecule has 18 heavy (non-hydrogen) atoms. The molecule has 2 aromatic rings. The number of aliphatic hydroxyl groups is 1. The lowest BCUT2D eigenvalue weighted by molar-refractivity contribution is 0.0601. The van der Waals surface area contributed by atoms with Gasteiger partial charge in [0.05, 0.1) is 19.3 Å². The van der Waals surface area contributed by atoms with E-state index in [4.69, 9.17) is 9.84 Å². The molecule has 0 bridgehead atoms. The quantitative estimate of drug-likeness (QED) is 0.838. The van der Waals surface area contributed by atoms with Gasteiger partial charge in [0.1, 0.15) is 12.4 Å². The summed E-state index contributed by atoms with van der Waals surface area (Å²) in [6.45, 7) is 0.255. The third-order valence-electron chi connectivity index (χ3n) is 2.59. The standard InChI is InChI=1S/C14H14O4/c1-17-14(16)12-3-2-11-9-13(18-7-6-15)5-4-10(11)8-12/h2-5,8-9,15H,6-7H2,1H3. The van der Waals surface area contributed by atoms with Gasteiger partial charge in [0, 0.05) is 0 Å². The normalized spacial score (nSPS) is 10.3. The Labute approximate surface area is 105 Å². The van der Waals surface area contributed by atoms with E-state index in [0.29, 0.717) is 11.3 Å². The lowest BCUT2D eigenvalue weighted by Crippen LogP contribution is -2.02. The van der Waals surface area contributed by atoms with Gasteiger partial charge in [-0.3, -0.25) is 0 Å². The number of hydrogen-bond donors (Lipinski definition) is 1. The number of aliphatic hydroxyl groups excluding tert-OH is 1. The molecule has 0 amide bonds. The molecule has 0 unspecified atom stereocenters. The second-order valence-electron chi connectivity index (χ2n) is 3.79. The maximum Gasteiger partial charge on any atom is 0.337 e. The minimum absolute atomic E-state index is 0.0146. The van der Waals surface area contributed by atoms with Crippen LogP contribution < -0.4 is 4.74 Å². The Morgan fingerprint density at radius 3 is 2.61 bits per heavy atom. The maximum atomic E-state index is 11.4. The Morgan fingerprint density at radius 1 is 1.17 bits per heavy atom. The van der Waals surface area contributed by atoms with Crippen LogP contribution in [0.3, 0.4) is 0 Å². The van der Waals surface area contributed by atoms with Crippen molar-refractivity contribution >= 4 is 16.7 Å². The second kappa shape index (κ2) is 5.51. The molecular formula is C14H14O4. The van der Waals surface area contributed by atoms with Gasteiger partial charge in [0.2, 0.25) is 0 Å². The van der Waals surface area contributed by atoms with Crippen molar-refractivity contribution in [1.29, 1.82) is 0 Å². The van der Waals surface area contributed by atoms with Crippen LogP contribution in [0.5, 0.6) is 5.75 Å². The van der Waals surface area contributed by atoms with Gasteiger partial charge < -0.3 is 14.6 Å². The van der Waals surface area contributed by atoms with Crippen LogP contribution in [0.4, 0.5) is 0 Å². The highest BCUT2D eigenvalue weighted by atomic mass is 16.5. The highest BCUT2D eigenvalue weighted by molar-refractivity contribution is 5.95. The molecule has 2 rings (SSSR count). The minimum Gasteiger partial charge on any atom is -0.491 e. The molecule has 1 N–H and O–H groups in total. The van der Waals surface area contributed by atoms with Gasteiger partial charge in [-0.05, 0) is 35.0 Å². The molecule has 94 valence electrons. The fourth-order valence-corrected chi connectivity index (χ4v) is 1.72. The van der Waals surface area contributed by atoms with Gasteiger partial charge in [-0.15, -0.1) is 0 Å². The lowest BCUT2D eigenvalue weighted by Gasteiger charge is -2.06. The van der Waals surface area contributed by atoms with Crippen molar-refractivity contribution in [3.05, 3.63) is 42.0 Å². The van der Waals surface area contributed by atoms with Crippen molar-refractivity contribution in [2.75, 3.05) is 20.3 Å². The summed E-state index contributed by atoms with van der Waals surface area (Å²) in [4.78, 5) is 11.4. The van der Waals surface area contributed by atoms with Crippen LogP contribution in [0.15, 0.2) is 36.4 Å². The number of carbonyl (C=O) groups excluding carboxylic acids is 1. The van der Waals surface area contributed by atoms with Crippen LogP contribution in [0.1, 0.15) is 10.4 Å². The van der Waals surface area contributed by atoms with Crippen LogP contribution in [0, 0.1) is 0 Å². The van der Waals surface area contributed by atoms with E-state index in [-0.39, 0.29) is 19.2 Å². The molecule has 4 nitrogen and oxygen atoms in total. The first-order valence-corrected chi connectivity index (χ1v) is 5.60. The Hall–Kier alpha value is -2.07. The maximum absolute atomic E-state index is 11.4. The molecule has 0 aliphatic heterocycles. The van der Waals surface area contributed by atoms with Gasteiger partial charge in [-0.25, -0.2) is 4.79 Å². The molecule has 0 aliphatic rings. The first-order valence-electron chi connectivity index (χ1n) is 5.60. The minimum atomic E-state index is -0.350. The van der Waals surface area contributed by atoms with E-state index in [1.807, 2.05) is 18.2 Å². The molecule has 0 saturated carbocycles. The number of ether oxygens (including phenoxy) is 2. The number of methoxy groups -OCH3 is 1. The first kappa shape index (κ1) is 12.4. The summed E-state index contributed by atoms with van der Waals surface area (Å²) >= 11 is 0. The molecular weight excluding hydrogens is 232 g/mol. The fraction of sp³-hybridized carbons (Fsp3) is 0.214. The summed E-state index contributed by atoms with van der Waals surface area (Å²) in [5.74, 6) is 0.347. The zero-order valence-corrected chi connectivity index (χ0v) is 10.1. The van der Waals surface area contributed by atoms with E-state index in [9.17, 15) is 4.79 Å². The third-order valence-corrected chi connectivity index (χ3v) is 2.59. The predicted octanol–water partition coefficient (Wildman–Crippen LogP) is 2.00. The molecule has 0 heterocycles. The zero-order valence-electron chi connectivity index (χ0n) is 10.1. The summed E-state index contributed by atoms with van der Waals surface area (Å²) in [7, 11) is 1.36. The van der Waals surface area contributed by atoms with Gasteiger partial charge in [-0.1, -0.05) is 12.1 Å². The molecule has 0 aliphatic carbocycles. The fourth-order valence-electron chi connectivity index (χ4n) is 1.72. The summed E-state index contributed by atoms with van der Waals surface area (Å²) in [5, 5.41) is 10.6. The Kier molecular flexibility index (Phi) is 3.79. The molecule has 0 saturated heterocycles. The SMILES string of the molecule is COC(=O)c1ccc2cc(OCCO)ccc2c1. The number of benzene rings is 2. The summed E-state index contributed by atoms with van der Waals surface area (Å²) in [6.07, 6.45) is 0. The van der Waals surface area contributed by atoms with Crippen molar-refractivity contribution < 1.29 is 19.4 Å². The molecule has 2 aromatic carbocycles. The zero-order chi connectivity index (χ0) is 13.0. The largest absolute Gasteiger partial charge is 0.491 e. The summed E-state index contributed by atoms with van der Waals surface area (Å²) < 4.78 is 9.99. The van der Waals surface area contributed by atoms with E-state index < -0.39 is 0 Å². The molecule has 0 spiro atoms. The van der Waals surface area contributed by atoms with Crippen LogP contribution in [-0.2, 0) is 4.74 Å². The lowest BCUT2D eigenvalue weighted by atomic mass is 10.1. The van der Waals surface area contributed by atoms with E-state index in [0.717, 1.165) is 10.8 Å². The van der Waals surface area contributed by atoms with Crippen LogP contribution >= 0.6 is 0 Å². The number of fused-ring (bicyclic) bond motifs is 1. The summed E-state index contributed by atoms with van der Waals surface area (Å²) in [5.41, 5.74) is 0.522. The number of esters is 1. The average Bonchev–Trinajstić information content (AvgIpc) is 2.43. The third kappa shape index (κ3) is 2.60. The molecule has 0 fully saturated rings. The monoisotopic (exact) mass is 246 g/mol. The van der Waals surface area contributed by atoms with Crippen molar-refractivity contribution in [2.45, 2.75) is 0 Å². The van der Waals surface area contributed by atoms with E-state index in [2.05, 4.69) is 4.74 Å². The van der Waals surface area contributed by atoms with Crippen molar-refractivity contribution in [3.8, 4) is 5.75 Å². The molecule has 0 radical (unpaired) electrons. The van der Waals surface area contributed by atoms with Gasteiger partial charge in [0.15, 0.2) is 0 Å². The van der Waals surface area contributed by atoms with E-state index >= 15 is 0 Å². The predicted molar refractivity (Wildman–Crippen MR) is 67.9 cm³/mol. The Bertz CT molecular complexity index is 563. The highest BCUT2D eigenvalue weighted by Crippen LogP contribution is 2.22. The van der Waals surface area contributed by atoms with E-state index in [1.54, 1.807) is 18.2 Å². The molecule has 0 aromatic heterocycles. The topological polar surface area (TPSA) is 55.8 Å². The highest BCUT2D eigenvalue weighted by Gasteiger charge is 2.06. The first-order chi connectivity index (χ1) is 8.74. The molecule has 4 heteroatoms. The van der Waals surface area contributed by atoms with Gasteiger partial charge >= 0.3 is 5.97 Å². The van der Waals surface area contributed by atoms with Gasteiger partial charge in [0.25, 0.3) is 0 Å². The Morgan fingerprint density at radius 2 is 1.89 bits per heavy atom. The van der Waals surface area contributed by atoms with Crippen molar-refractivity contribution in [3.63, 3.8) is 0 Å². The Balaban J connectivity index is 2.33. The average molecular weight is 246 g/mol. The number of rotatable bonds is 4. The van der Waals surface area contributed by atoms with Gasteiger partial charge in [-0.2, -0.15) is 0 Å². The van der Waals surface area contributed by atoms with Crippen LogP contribution in [-0.4, -0.2) is 31.4 Å². The smallest absolute Gasteiger partial charge is 0.337 e. The van der Waals surface area contributed by atoms with Crippen molar-refractivity contribution in [1.82, 2.24) is 0 Å². The number of carbonyl (C=O) groups is 1. The van der Waals surface area contributed by atoms with Crippen LogP contribution in [0.2, 0.25) is 0 Å². The number of hydrogen-bond acceptors (Lipinski definition) is 4. The van der Waals surface area contributed by atoms with Crippen LogP contribution in [0.25, 0.3) is 10.8 Å². The summed E-state index contributed by atoms with van der Waals surface area (Å²) in [6, 6.07) is 10.9. The molecule has 0 atom stereocenters. The van der Waals surface area contributed by atoms with E-state index in [1.165, 1.54) is 7.11 Å². The van der Waals surface area contributed by atoms with Crippen molar-refractivity contribution in [2.24, 2.45) is 0 Å².